The molecule has 0 aromatic heterocycles. The van der Waals surface area contributed by atoms with Crippen LogP contribution < -0.4 is 10.6 Å². The molecule has 0 atom stereocenters. The molecule has 2 N–H and O–H groups in total. The minimum atomic E-state index is -0.847. The van der Waals surface area contributed by atoms with Crippen molar-refractivity contribution in [1.29, 1.82) is 0 Å². The van der Waals surface area contributed by atoms with Crippen LogP contribution in [0.5, 0.6) is 0 Å². The Hall–Kier alpha value is -4.20. The number of carbonyl (C=O) groups is 2. The number of rotatable bonds is 7. The maximum atomic E-state index is 12.9. The summed E-state index contributed by atoms with van der Waals surface area (Å²) in [6.07, 6.45) is 0. The fourth-order valence-electron chi connectivity index (χ4n) is 3.00. The maximum Gasteiger partial charge on any atom is 0.338 e. The summed E-state index contributed by atoms with van der Waals surface area (Å²) in [5.74, 6) is -1.27. The molecule has 0 radical (unpaired) electrons. The second kappa shape index (κ2) is 9.53. The molecule has 0 spiro atoms. The Bertz CT molecular complexity index is 1120. The second-order valence-electron chi connectivity index (χ2n) is 6.91. The van der Waals surface area contributed by atoms with Crippen molar-refractivity contribution < 1.29 is 19.2 Å². The van der Waals surface area contributed by atoms with Crippen LogP contribution in [0.4, 0.5) is 17.1 Å². The van der Waals surface area contributed by atoms with Crippen LogP contribution in [0.2, 0.25) is 0 Å². The number of nitrogen functional groups attached to an aromatic ring is 1. The Kier molecular flexibility index (Phi) is 6.61. The van der Waals surface area contributed by atoms with E-state index in [1.54, 1.807) is 6.07 Å². The van der Waals surface area contributed by atoms with Crippen molar-refractivity contribution in [1.82, 2.24) is 0 Å². The Morgan fingerprint density at radius 1 is 1.03 bits per heavy atom. The predicted molar refractivity (Wildman–Crippen MR) is 117 cm³/mol. The van der Waals surface area contributed by atoms with Gasteiger partial charge in [-0.25, -0.2) is 4.79 Å². The van der Waals surface area contributed by atoms with E-state index in [4.69, 9.17) is 10.5 Å². The van der Waals surface area contributed by atoms with Gasteiger partial charge in [0.25, 0.3) is 11.6 Å². The van der Waals surface area contributed by atoms with Crippen molar-refractivity contribution in [2.24, 2.45) is 0 Å². The van der Waals surface area contributed by atoms with Crippen LogP contribution in [0.1, 0.15) is 21.5 Å². The predicted octanol–water partition coefficient (Wildman–Crippen LogP) is 3.88. The normalized spacial score (nSPS) is 10.4. The molecule has 0 saturated carbocycles. The number of amides is 1. The van der Waals surface area contributed by atoms with Crippen molar-refractivity contribution >= 4 is 28.9 Å². The van der Waals surface area contributed by atoms with Crippen LogP contribution in [0.25, 0.3) is 0 Å². The van der Waals surface area contributed by atoms with Gasteiger partial charge in [0.2, 0.25) is 0 Å². The molecule has 158 valence electrons. The molecule has 8 nitrogen and oxygen atoms in total. The van der Waals surface area contributed by atoms with Crippen LogP contribution >= 0.6 is 0 Å². The number of aryl methyl sites for hydroxylation is 1. The summed E-state index contributed by atoms with van der Waals surface area (Å²) < 4.78 is 5.14. The van der Waals surface area contributed by atoms with E-state index in [1.807, 2.05) is 55.5 Å². The number of carbonyl (C=O) groups excluding carboxylic acids is 2. The van der Waals surface area contributed by atoms with Crippen molar-refractivity contribution in [2.75, 3.05) is 17.2 Å². The summed E-state index contributed by atoms with van der Waals surface area (Å²) >= 11 is 0. The largest absolute Gasteiger partial charge is 0.452 e. The molecule has 1 amide bonds. The average Bonchev–Trinajstić information content (AvgIpc) is 2.76. The quantitative estimate of drug-likeness (QED) is 0.269. The molecule has 0 saturated heterocycles. The van der Waals surface area contributed by atoms with Crippen molar-refractivity contribution in [3.63, 3.8) is 0 Å². The zero-order valence-electron chi connectivity index (χ0n) is 16.9. The fraction of sp³-hybridized carbons (Fsp3) is 0.130. The fourth-order valence-corrected chi connectivity index (χ4v) is 3.00. The van der Waals surface area contributed by atoms with E-state index in [-0.39, 0.29) is 11.3 Å². The van der Waals surface area contributed by atoms with Crippen LogP contribution in [-0.4, -0.2) is 23.4 Å². The number of hydrogen-bond donors (Lipinski definition) is 1. The zero-order chi connectivity index (χ0) is 22.4. The third-order valence-corrected chi connectivity index (χ3v) is 4.59. The summed E-state index contributed by atoms with van der Waals surface area (Å²) in [4.78, 5) is 37.2. The van der Waals surface area contributed by atoms with E-state index in [2.05, 4.69) is 0 Å². The lowest BCUT2D eigenvalue weighted by molar-refractivity contribution is -0.383. The number of nitrogens with zero attached hydrogens (tertiary/aromatic N) is 2. The summed E-state index contributed by atoms with van der Waals surface area (Å²) in [6.45, 7) is 1.70. The van der Waals surface area contributed by atoms with Gasteiger partial charge in [-0.05, 0) is 42.3 Å². The zero-order valence-corrected chi connectivity index (χ0v) is 16.9. The first-order chi connectivity index (χ1) is 14.8. The van der Waals surface area contributed by atoms with Crippen LogP contribution in [0, 0.1) is 17.0 Å². The standard InChI is InChI=1S/C23H21N3O5/c1-16-6-5-9-19(12-16)25(14-17-7-3-2-4-8-17)22(27)15-31-23(28)18-10-11-20(24)21(13-18)26(29)30/h2-13H,14-15,24H2,1H3. The van der Waals surface area contributed by atoms with Gasteiger partial charge in [-0.2, -0.15) is 0 Å². The van der Waals surface area contributed by atoms with Crippen molar-refractivity contribution in [3.8, 4) is 0 Å². The molecule has 0 unspecified atom stereocenters. The number of ether oxygens (including phenoxy) is 1. The van der Waals surface area contributed by atoms with Crippen molar-refractivity contribution in [3.05, 3.63) is 99.6 Å². The van der Waals surface area contributed by atoms with E-state index in [0.717, 1.165) is 17.2 Å². The van der Waals surface area contributed by atoms with E-state index in [1.165, 1.54) is 17.0 Å². The second-order valence-corrected chi connectivity index (χ2v) is 6.91. The van der Waals surface area contributed by atoms with Crippen molar-refractivity contribution in [2.45, 2.75) is 13.5 Å². The molecule has 3 aromatic rings. The van der Waals surface area contributed by atoms with E-state index in [0.29, 0.717) is 12.2 Å². The average molecular weight is 419 g/mol. The third kappa shape index (κ3) is 5.45. The molecular weight excluding hydrogens is 398 g/mol. The summed E-state index contributed by atoms with van der Waals surface area (Å²) in [6, 6.07) is 20.5. The molecule has 0 aliphatic rings. The number of nitro benzene ring substituents is 1. The molecular formula is C23H21N3O5. The Balaban J connectivity index is 1.76. The third-order valence-electron chi connectivity index (χ3n) is 4.59. The number of benzene rings is 3. The first-order valence-electron chi connectivity index (χ1n) is 9.47. The van der Waals surface area contributed by atoms with Gasteiger partial charge in [0, 0.05) is 11.8 Å². The maximum absolute atomic E-state index is 12.9. The number of nitro groups is 1. The summed E-state index contributed by atoms with van der Waals surface area (Å²) in [5, 5.41) is 11.0. The minimum Gasteiger partial charge on any atom is -0.452 e. The minimum absolute atomic E-state index is 0.0566. The van der Waals surface area contributed by atoms with Gasteiger partial charge >= 0.3 is 5.97 Å². The van der Waals surface area contributed by atoms with Crippen LogP contribution in [-0.2, 0) is 16.1 Å². The molecule has 0 aliphatic carbocycles. The van der Waals surface area contributed by atoms with E-state index in [9.17, 15) is 19.7 Å². The molecule has 3 aromatic carbocycles. The summed E-state index contributed by atoms with van der Waals surface area (Å²) in [7, 11) is 0. The summed E-state index contributed by atoms with van der Waals surface area (Å²) in [5.41, 5.74) is 7.60. The van der Waals surface area contributed by atoms with E-state index >= 15 is 0 Å². The Labute approximate surface area is 179 Å². The topological polar surface area (TPSA) is 116 Å². The highest BCUT2D eigenvalue weighted by Gasteiger charge is 2.21. The van der Waals surface area contributed by atoms with E-state index < -0.39 is 29.1 Å². The number of esters is 1. The Morgan fingerprint density at radius 2 is 1.77 bits per heavy atom. The molecule has 0 bridgehead atoms. The van der Waals surface area contributed by atoms with Crippen LogP contribution in [0.3, 0.4) is 0 Å². The Morgan fingerprint density at radius 3 is 2.45 bits per heavy atom. The SMILES string of the molecule is Cc1cccc(N(Cc2ccccc2)C(=O)COC(=O)c2ccc(N)c([N+](=O)[O-])c2)c1. The highest BCUT2D eigenvalue weighted by molar-refractivity contribution is 5.97. The van der Waals surface area contributed by atoms with Gasteiger partial charge in [-0.15, -0.1) is 0 Å². The first-order valence-corrected chi connectivity index (χ1v) is 9.47. The molecule has 31 heavy (non-hydrogen) atoms. The van der Waals surface area contributed by atoms with Gasteiger partial charge in [-0.1, -0.05) is 42.5 Å². The van der Waals surface area contributed by atoms with Gasteiger partial charge in [0.05, 0.1) is 17.0 Å². The van der Waals surface area contributed by atoms with Gasteiger partial charge in [0.15, 0.2) is 6.61 Å². The first kappa shape index (κ1) is 21.5. The highest BCUT2D eigenvalue weighted by Crippen LogP contribution is 2.23. The monoisotopic (exact) mass is 419 g/mol. The number of hydrogen-bond acceptors (Lipinski definition) is 6. The lowest BCUT2D eigenvalue weighted by Crippen LogP contribution is -2.34. The molecule has 0 aliphatic heterocycles. The molecule has 8 heteroatoms. The van der Waals surface area contributed by atoms with Gasteiger partial charge in [0.1, 0.15) is 5.69 Å². The molecule has 0 fully saturated rings. The smallest absolute Gasteiger partial charge is 0.338 e. The number of nitrogens with two attached hydrogens (primary N) is 1. The lowest BCUT2D eigenvalue weighted by Gasteiger charge is -2.23. The highest BCUT2D eigenvalue weighted by atomic mass is 16.6. The van der Waals surface area contributed by atoms with Gasteiger partial charge in [-0.3, -0.25) is 14.9 Å². The van der Waals surface area contributed by atoms with Gasteiger partial charge < -0.3 is 15.4 Å². The lowest BCUT2D eigenvalue weighted by atomic mass is 10.1. The molecule has 0 heterocycles. The van der Waals surface area contributed by atoms with Crippen LogP contribution in [0.15, 0.2) is 72.8 Å². The molecule has 3 rings (SSSR count). The number of anilines is 2.